The van der Waals surface area contributed by atoms with E-state index in [4.69, 9.17) is 4.74 Å². The molecular formula is C17H24ClN3O5S. The molecule has 0 aromatic heterocycles. The van der Waals surface area contributed by atoms with Crippen LogP contribution in [0.3, 0.4) is 0 Å². The van der Waals surface area contributed by atoms with Gasteiger partial charge in [-0.3, -0.25) is 9.59 Å². The van der Waals surface area contributed by atoms with Gasteiger partial charge in [0.1, 0.15) is 4.90 Å². The average molecular weight is 418 g/mol. The molecule has 3 rings (SSSR count). The molecule has 1 unspecified atom stereocenters. The van der Waals surface area contributed by atoms with Crippen LogP contribution in [0.15, 0.2) is 23.1 Å². The molecule has 0 radical (unpaired) electrons. The van der Waals surface area contributed by atoms with Crippen molar-refractivity contribution in [2.24, 2.45) is 0 Å². The molecule has 10 heteroatoms. The first-order valence-corrected chi connectivity index (χ1v) is 10.0. The summed E-state index contributed by atoms with van der Waals surface area (Å²) in [5, 5.41) is 2.95. The van der Waals surface area contributed by atoms with Crippen LogP contribution in [0.4, 0.5) is 0 Å². The standard InChI is InChI=1S/C17H23N3O5S.ClH/c1-18-7-8-19(2)16(21)12-5-6-14-15(10-12)26(23,24)20(17(14)22)11-13-4-3-9-25-13;/h5-6,10,13,18H,3-4,7-9,11H2,1-2H3;1H. The van der Waals surface area contributed by atoms with E-state index in [0.717, 1.165) is 17.1 Å². The molecule has 2 aliphatic rings. The Morgan fingerprint density at radius 1 is 1.41 bits per heavy atom. The van der Waals surface area contributed by atoms with Gasteiger partial charge in [0.25, 0.3) is 21.8 Å². The molecule has 1 fully saturated rings. The van der Waals surface area contributed by atoms with Crippen molar-refractivity contribution in [2.75, 3.05) is 40.3 Å². The predicted molar refractivity (Wildman–Crippen MR) is 102 cm³/mol. The molecular weight excluding hydrogens is 394 g/mol. The van der Waals surface area contributed by atoms with Gasteiger partial charge in [0, 0.05) is 32.3 Å². The van der Waals surface area contributed by atoms with Crippen LogP contribution in [-0.4, -0.2) is 75.9 Å². The second-order valence-electron chi connectivity index (χ2n) is 6.52. The summed E-state index contributed by atoms with van der Waals surface area (Å²) in [6, 6.07) is 4.22. The smallest absolute Gasteiger partial charge is 0.269 e. The SMILES string of the molecule is CNCCN(C)C(=O)c1ccc2c(c1)S(=O)(=O)N(CC1CCCO1)C2=O.Cl. The van der Waals surface area contributed by atoms with E-state index in [1.54, 1.807) is 14.1 Å². The highest BCUT2D eigenvalue weighted by Gasteiger charge is 2.43. The highest BCUT2D eigenvalue weighted by atomic mass is 35.5. The fourth-order valence-electron chi connectivity index (χ4n) is 3.16. The highest BCUT2D eigenvalue weighted by molar-refractivity contribution is 7.90. The normalized spacial score (nSPS) is 20.3. The molecule has 0 aliphatic carbocycles. The number of likely N-dealkylation sites (N-methyl/N-ethyl adjacent to an activating group) is 2. The summed E-state index contributed by atoms with van der Waals surface area (Å²) in [5.74, 6) is -0.846. The Balaban J connectivity index is 0.00000261. The second-order valence-corrected chi connectivity index (χ2v) is 8.35. The highest BCUT2D eigenvalue weighted by Crippen LogP contribution is 2.32. The number of hydrogen-bond donors (Lipinski definition) is 1. The van der Waals surface area contributed by atoms with Gasteiger partial charge in [-0.1, -0.05) is 0 Å². The van der Waals surface area contributed by atoms with Crippen LogP contribution in [-0.2, 0) is 14.8 Å². The van der Waals surface area contributed by atoms with Crippen molar-refractivity contribution in [3.05, 3.63) is 29.3 Å². The Bertz CT molecular complexity index is 824. The minimum absolute atomic E-state index is 0. The number of benzene rings is 1. The van der Waals surface area contributed by atoms with Gasteiger partial charge in [-0.15, -0.1) is 12.4 Å². The number of ether oxygens (including phenoxy) is 1. The Morgan fingerprint density at radius 2 is 2.15 bits per heavy atom. The van der Waals surface area contributed by atoms with E-state index in [1.165, 1.54) is 23.1 Å². The van der Waals surface area contributed by atoms with Crippen LogP contribution in [0.1, 0.15) is 33.6 Å². The summed E-state index contributed by atoms with van der Waals surface area (Å²) in [7, 11) is -0.526. The second kappa shape index (κ2) is 8.55. The predicted octanol–water partition coefficient (Wildman–Crippen LogP) is 0.723. The molecule has 2 amide bonds. The van der Waals surface area contributed by atoms with Crippen molar-refractivity contribution in [1.29, 1.82) is 0 Å². The van der Waals surface area contributed by atoms with Crippen molar-refractivity contribution in [3.8, 4) is 0 Å². The molecule has 150 valence electrons. The fraction of sp³-hybridized carbons (Fsp3) is 0.529. The van der Waals surface area contributed by atoms with E-state index in [9.17, 15) is 18.0 Å². The minimum Gasteiger partial charge on any atom is -0.376 e. The summed E-state index contributed by atoms with van der Waals surface area (Å²) in [6.45, 7) is 1.71. The van der Waals surface area contributed by atoms with Crippen LogP contribution in [0.2, 0.25) is 0 Å². The summed E-state index contributed by atoms with van der Waals surface area (Å²) >= 11 is 0. The number of carbonyl (C=O) groups excluding carboxylic acids is 2. The Morgan fingerprint density at radius 3 is 2.78 bits per heavy atom. The lowest BCUT2D eigenvalue weighted by Gasteiger charge is -2.19. The van der Waals surface area contributed by atoms with Crippen molar-refractivity contribution in [3.63, 3.8) is 0 Å². The van der Waals surface area contributed by atoms with Gasteiger partial charge in [0.2, 0.25) is 0 Å². The van der Waals surface area contributed by atoms with Crippen molar-refractivity contribution < 1.29 is 22.7 Å². The molecule has 0 bridgehead atoms. The van der Waals surface area contributed by atoms with Crippen LogP contribution in [0.25, 0.3) is 0 Å². The Kier molecular flexibility index (Phi) is 6.85. The van der Waals surface area contributed by atoms with E-state index in [1.807, 2.05) is 0 Å². The zero-order chi connectivity index (χ0) is 18.9. The van der Waals surface area contributed by atoms with Gasteiger partial charge in [-0.2, -0.15) is 0 Å². The number of carbonyl (C=O) groups is 2. The van der Waals surface area contributed by atoms with Crippen LogP contribution < -0.4 is 5.32 Å². The quantitative estimate of drug-likeness (QED) is 0.732. The first-order chi connectivity index (χ1) is 12.4. The lowest BCUT2D eigenvalue weighted by atomic mass is 10.1. The molecule has 0 spiro atoms. The van der Waals surface area contributed by atoms with E-state index in [-0.39, 0.29) is 47.0 Å². The number of nitrogens with one attached hydrogen (secondary N) is 1. The first kappa shape index (κ1) is 21.6. The third-order valence-electron chi connectivity index (χ3n) is 4.69. The largest absolute Gasteiger partial charge is 0.376 e. The topological polar surface area (TPSA) is 96.0 Å². The number of halogens is 1. The van der Waals surface area contributed by atoms with Gasteiger partial charge in [-0.25, -0.2) is 12.7 Å². The van der Waals surface area contributed by atoms with E-state index < -0.39 is 15.9 Å². The zero-order valence-electron chi connectivity index (χ0n) is 15.3. The van der Waals surface area contributed by atoms with E-state index in [2.05, 4.69) is 5.32 Å². The third-order valence-corrected chi connectivity index (χ3v) is 6.48. The Labute approximate surface area is 165 Å². The summed E-state index contributed by atoms with van der Waals surface area (Å²) in [5.41, 5.74) is 0.357. The molecule has 8 nitrogen and oxygen atoms in total. The summed E-state index contributed by atoms with van der Waals surface area (Å²) in [6.07, 6.45) is 1.32. The van der Waals surface area contributed by atoms with Gasteiger partial charge in [0.15, 0.2) is 0 Å². The molecule has 1 aromatic carbocycles. The molecule has 27 heavy (non-hydrogen) atoms. The molecule has 2 heterocycles. The maximum atomic E-state index is 12.8. The number of sulfonamides is 1. The van der Waals surface area contributed by atoms with Crippen molar-refractivity contribution >= 4 is 34.2 Å². The van der Waals surface area contributed by atoms with Gasteiger partial charge in [-0.05, 0) is 38.1 Å². The number of fused-ring (bicyclic) bond motifs is 1. The van der Waals surface area contributed by atoms with E-state index in [0.29, 0.717) is 19.7 Å². The van der Waals surface area contributed by atoms with Crippen molar-refractivity contribution in [2.45, 2.75) is 23.8 Å². The number of amides is 2. The summed E-state index contributed by atoms with van der Waals surface area (Å²) in [4.78, 5) is 26.4. The van der Waals surface area contributed by atoms with Gasteiger partial charge >= 0.3 is 0 Å². The monoisotopic (exact) mass is 417 g/mol. The fourth-order valence-corrected chi connectivity index (χ4v) is 4.79. The van der Waals surface area contributed by atoms with Crippen molar-refractivity contribution in [1.82, 2.24) is 14.5 Å². The number of rotatable bonds is 6. The van der Waals surface area contributed by atoms with Gasteiger partial charge < -0.3 is 15.0 Å². The number of nitrogens with zero attached hydrogens (tertiary/aromatic N) is 2. The van der Waals surface area contributed by atoms with Crippen LogP contribution in [0.5, 0.6) is 0 Å². The number of hydrogen-bond acceptors (Lipinski definition) is 6. The maximum Gasteiger partial charge on any atom is 0.269 e. The lowest BCUT2D eigenvalue weighted by Crippen LogP contribution is -2.36. The van der Waals surface area contributed by atoms with E-state index >= 15 is 0 Å². The van der Waals surface area contributed by atoms with Crippen LogP contribution in [0, 0.1) is 0 Å². The lowest BCUT2D eigenvalue weighted by molar-refractivity contribution is 0.0707. The van der Waals surface area contributed by atoms with Gasteiger partial charge in [0.05, 0.1) is 18.2 Å². The molecule has 2 aliphatic heterocycles. The third kappa shape index (κ3) is 4.11. The first-order valence-electron chi connectivity index (χ1n) is 8.59. The maximum absolute atomic E-state index is 12.8. The molecule has 0 saturated carbocycles. The minimum atomic E-state index is -3.96. The summed E-state index contributed by atoms with van der Waals surface area (Å²) < 4.78 is 32.0. The zero-order valence-corrected chi connectivity index (χ0v) is 16.9. The molecule has 1 atom stereocenters. The Hall–Kier alpha value is -1.68. The van der Waals surface area contributed by atoms with Crippen LogP contribution >= 0.6 is 12.4 Å². The molecule has 1 saturated heterocycles. The molecule has 1 N–H and O–H groups in total. The molecule has 1 aromatic rings. The average Bonchev–Trinajstić information content (AvgIpc) is 3.21.